The summed E-state index contributed by atoms with van der Waals surface area (Å²) in [6.07, 6.45) is 1.99. The van der Waals surface area contributed by atoms with Crippen LogP contribution in [-0.2, 0) is 0 Å². The van der Waals surface area contributed by atoms with Crippen molar-refractivity contribution < 1.29 is 9.47 Å². The van der Waals surface area contributed by atoms with Crippen molar-refractivity contribution in [2.24, 2.45) is 0 Å². The molecule has 146 valence electrons. The van der Waals surface area contributed by atoms with Gasteiger partial charge in [-0.3, -0.25) is 4.98 Å². The Balaban J connectivity index is 1.83. The van der Waals surface area contributed by atoms with Crippen molar-refractivity contribution in [1.29, 1.82) is 0 Å². The Hall–Kier alpha value is -3.85. The molecule has 0 N–H and O–H groups in total. The molecular weight excluding hydrogens is 370 g/mol. The van der Waals surface area contributed by atoms with Crippen LogP contribution in [0, 0.1) is 0 Å². The number of pyridine rings is 1. The number of methoxy groups -OCH3 is 2. The Morgan fingerprint density at radius 3 is 1.87 bits per heavy atom. The molecule has 0 saturated carbocycles. The van der Waals surface area contributed by atoms with Gasteiger partial charge in [0.05, 0.1) is 19.9 Å². The summed E-state index contributed by atoms with van der Waals surface area (Å²) in [5.74, 6) is 1.67. The number of benzene rings is 4. The molecule has 30 heavy (non-hydrogen) atoms. The zero-order chi connectivity index (χ0) is 20.5. The van der Waals surface area contributed by atoms with Crippen LogP contribution in [-0.4, -0.2) is 19.2 Å². The highest BCUT2D eigenvalue weighted by Crippen LogP contribution is 2.39. The Kier molecular flexibility index (Phi) is 4.56. The van der Waals surface area contributed by atoms with Gasteiger partial charge in [-0.25, -0.2) is 0 Å². The van der Waals surface area contributed by atoms with Gasteiger partial charge in [-0.1, -0.05) is 48.5 Å². The largest absolute Gasteiger partial charge is 0.497 e. The van der Waals surface area contributed by atoms with Crippen molar-refractivity contribution in [3.63, 3.8) is 0 Å². The fourth-order valence-corrected chi connectivity index (χ4v) is 3.99. The zero-order valence-electron chi connectivity index (χ0n) is 16.9. The van der Waals surface area contributed by atoms with Gasteiger partial charge in [0.1, 0.15) is 11.5 Å². The molecule has 0 aliphatic rings. The third-order valence-electron chi connectivity index (χ3n) is 5.54. The third-order valence-corrected chi connectivity index (χ3v) is 5.54. The van der Waals surface area contributed by atoms with Crippen LogP contribution in [0.25, 0.3) is 43.9 Å². The maximum absolute atomic E-state index is 5.36. The maximum atomic E-state index is 5.36. The molecular formula is C27H21NO2. The minimum absolute atomic E-state index is 0.830. The predicted molar refractivity (Wildman–Crippen MR) is 123 cm³/mol. The lowest BCUT2D eigenvalue weighted by Gasteiger charge is -2.15. The highest BCUT2D eigenvalue weighted by Gasteiger charge is 2.15. The number of ether oxygens (including phenoxy) is 2. The molecule has 0 amide bonds. The number of fused-ring (bicyclic) bond motifs is 3. The van der Waals surface area contributed by atoms with E-state index in [0.29, 0.717) is 0 Å². The minimum Gasteiger partial charge on any atom is -0.497 e. The van der Waals surface area contributed by atoms with Crippen molar-refractivity contribution in [3.05, 3.63) is 91.1 Å². The summed E-state index contributed by atoms with van der Waals surface area (Å²) in [4.78, 5) is 4.93. The SMILES string of the molecule is COc1ccc(-c2ncc3c(ccc4ccccc43)c2-c2ccc(OC)cc2)cc1. The van der Waals surface area contributed by atoms with Crippen LogP contribution in [0.4, 0.5) is 0 Å². The van der Waals surface area contributed by atoms with Gasteiger partial charge >= 0.3 is 0 Å². The molecule has 0 radical (unpaired) electrons. The summed E-state index contributed by atoms with van der Waals surface area (Å²) in [7, 11) is 3.36. The number of hydrogen-bond donors (Lipinski definition) is 0. The van der Waals surface area contributed by atoms with Crippen molar-refractivity contribution in [2.45, 2.75) is 0 Å². The van der Waals surface area contributed by atoms with Crippen LogP contribution in [0.5, 0.6) is 11.5 Å². The van der Waals surface area contributed by atoms with Crippen molar-refractivity contribution in [1.82, 2.24) is 4.98 Å². The molecule has 0 saturated heterocycles. The van der Waals surface area contributed by atoms with Crippen LogP contribution in [0.1, 0.15) is 0 Å². The van der Waals surface area contributed by atoms with Crippen LogP contribution >= 0.6 is 0 Å². The first-order chi connectivity index (χ1) is 14.8. The molecule has 4 aromatic carbocycles. The lowest BCUT2D eigenvalue weighted by atomic mass is 9.92. The van der Waals surface area contributed by atoms with Crippen LogP contribution < -0.4 is 9.47 Å². The van der Waals surface area contributed by atoms with Crippen LogP contribution in [0.3, 0.4) is 0 Å². The Morgan fingerprint density at radius 1 is 0.567 bits per heavy atom. The number of aromatic nitrogens is 1. The van der Waals surface area contributed by atoms with Crippen molar-refractivity contribution >= 4 is 21.5 Å². The molecule has 0 aliphatic heterocycles. The summed E-state index contributed by atoms with van der Waals surface area (Å²) in [5, 5.41) is 4.75. The van der Waals surface area contributed by atoms with E-state index in [1.54, 1.807) is 14.2 Å². The monoisotopic (exact) mass is 391 g/mol. The second-order valence-electron chi connectivity index (χ2n) is 7.19. The lowest BCUT2D eigenvalue weighted by molar-refractivity contribution is 0.414. The molecule has 1 heterocycles. The average Bonchev–Trinajstić information content (AvgIpc) is 2.83. The second kappa shape index (κ2) is 7.53. The van der Waals surface area contributed by atoms with Gasteiger partial charge in [-0.15, -0.1) is 0 Å². The van der Waals surface area contributed by atoms with E-state index >= 15 is 0 Å². The normalized spacial score (nSPS) is 11.0. The molecule has 3 nitrogen and oxygen atoms in total. The van der Waals surface area contributed by atoms with Crippen molar-refractivity contribution in [2.75, 3.05) is 14.2 Å². The molecule has 3 heteroatoms. The van der Waals surface area contributed by atoms with E-state index in [1.165, 1.54) is 16.2 Å². The van der Waals surface area contributed by atoms with Crippen LogP contribution in [0.15, 0.2) is 91.1 Å². The first kappa shape index (κ1) is 18.2. The molecule has 0 aliphatic carbocycles. The standard InChI is InChI=1S/C27H21NO2/c1-29-21-12-7-19(8-13-21)26-24-16-11-18-5-3-4-6-23(18)25(24)17-28-27(26)20-9-14-22(30-2)15-10-20/h3-17H,1-2H3. The highest BCUT2D eigenvalue weighted by molar-refractivity contribution is 6.13. The zero-order valence-corrected chi connectivity index (χ0v) is 16.9. The van der Waals surface area contributed by atoms with Gasteiger partial charge in [0, 0.05) is 22.7 Å². The Morgan fingerprint density at radius 2 is 1.20 bits per heavy atom. The first-order valence-corrected chi connectivity index (χ1v) is 9.88. The molecule has 0 fully saturated rings. The van der Waals surface area contributed by atoms with Gasteiger partial charge in [-0.05, 0) is 58.1 Å². The third kappa shape index (κ3) is 3.05. The maximum Gasteiger partial charge on any atom is 0.118 e. The molecule has 0 bridgehead atoms. The predicted octanol–water partition coefficient (Wildman–Crippen LogP) is 6.74. The van der Waals surface area contributed by atoms with Gasteiger partial charge in [-0.2, -0.15) is 0 Å². The molecule has 5 aromatic rings. The topological polar surface area (TPSA) is 31.4 Å². The van der Waals surface area contributed by atoms with E-state index in [-0.39, 0.29) is 0 Å². The van der Waals surface area contributed by atoms with Crippen LogP contribution in [0.2, 0.25) is 0 Å². The summed E-state index contributed by atoms with van der Waals surface area (Å²) in [5.41, 5.74) is 4.23. The van der Waals surface area contributed by atoms with Gasteiger partial charge in [0.2, 0.25) is 0 Å². The van der Waals surface area contributed by atoms with E-state index in [4.69, 9.17) is 14.5 Å². The van der Waals surface area contributed by atoms with Gasteiger partial charge in [0.15, 0.2) is 0 Å². The van der Waals surface area contributed by atoms with Gasteiger partial charge in [0.25, 0.3) is 0 Å². The van der Waals surface area contributed by atoms with Gasteiger partial charge < -0.3 is 9.47 Å². The molecule has 0 atom stereocenters. The number of nitrogens with zero attached hydrogens (tertiary/aromatic N) is 1. The summed E-state index contributed by atoms with van der Waals surface area (Å²) in [6, 6.07) is 29.1. The highest BCUT2D eigenvalue weighted by atomic mass is 16.5. The molecule has 0 spiro atoms. The first-order valence-electron chi connectivity index (χ1n) is 9.88. The molecule has 5 rings (SSSR count). The number of hydrogen-bond acceptors (Lipinski definition) is 3. The molecule has 1 aromatic heterocycles. The average molecular weight is 391 g/mol. The number of rotatable bonds is 4. The lowest BCUT2D eigenvalue weighted by Crippen LogP contribution is -1.93. The Bertz CT molecular complexity index is 1340. The smallest absolute Gasteiger partial charge is 0.118 e. The van der Waals surface area contributed by atoms with E-state index in [0.717, 1.165) is 39.3 Å². The van der Waals surface area contributed by atoms with E-state index < -0.39 is 0 Å². The van der Waals surface area contributed by atoms with E-state index in [1.807, 2.05) is 30.5 Å². The quantitative estimate of drug-likeness (QED) is 0.318. The fraction of sp³-hybridized carbons (Fsp3) is 0.0741. The van der Waals surface area contributed by atoms with E-state index in [9.17, 15) is 0 Å². The van der Waals surface area contributed by atoms with Crippen molar-refractivity contribution in [3.8, 4) is 33.9 Å². The van der Waals surface area contributed by atoms with E-state index in [2.05, 4.69) is 60.7 Å². The second-order valence-corrected chi connectivity index (χ2v) is 7.19. The minimum atomic E-state index is 0.830. The Labute approximate surface area is 175 Å². The summed E-state index contributed by atoms with van der Waals surface area (Å²) >= 11 is 0. The molecule has 0 unspecified atom stereocenters. The summed E-state index contributed by atoms with van der Waals surface area (Å²) in [6.45, 7) is 0. The summed E-state index contributed by atoms with van der Waals surface area (Å²) < 4.78 is 10.7. The fourth-order valence-electron chi connectivity index (χ4n) is 3.99.